The Morgan fingerprint density at radius 3 is 2.49 bits per heavy atom. The van der Waals surface area contributed by atoms with Crippen LogP contribution in [0.2, 0.25) is 0 Å². The number of nitro groups is 1. The fraction of sp³-hybridized carbons (Fsp3) is 0.380. The number of aryl methyl sites for hydroxylation is 1. The van der Waals surface area contributed by atoms with Gasteiger partial charge in [0.25, 0.3) is 5.69 Å². The highest BCUT2D eigenvalue weighted by molar-refractivity contribution is 8.00. The minimum absolute atomic E-state index is 0.0112. The molecule has 2 heterocycles. The number of aliphatic hydroxyl groups excluding tert-OH is 2. The molecule has 5 aromatic rings. The second kappa shape index (κ2) is 20.7. The van der Waals surface area contributed by atoms with Crippen molar-refractivity contribution in [1.29, 1.82) is 0 Å². The molecule has 0 amide bonds. The summed E-state index contributed by atoms with van der Waals surface area (Å²) >= 11 is 1.76. The van der Waals surface area contributed by atoms with Gasteiger partial charge in [-0.25, -0.2) is 0 Å². The molecule has 2 N–H and O–H groups in total. The average Bonchev–Trinajstić information content (AvgIpc) is 3.30. The molecule has 0 spiro atoms. The summed E-state index contributed by atoms with van der Waals surface area (Å²) in [7, 11) is 0. The molecule has 0 saturated heterocycles. The van der Waals surface area contributed by atoms with Crippen LogP contribution in [0.3, 0.4) is 0 Å². The summed E-state index contributed by atoms with van der Waals surface area (Å²) in [6.07, 6.45) is 15.2. The van der Waals surface area contributed by atoms with E-state index in [1.165, 1.54) is 12.1 Å². The summed E-state index contributed by atoms with van der Waals surface area (Å²) in [6.45, 7) is 4.67. The van der Waals surface area contributed by atoms with Crippen LogP contribution in [0.1, 0.15) is 67.7 Å². The topological polar surface area (TPSA) is 159 Å². The Balaban J connectivity index is 1.24. The summed E-state index contributed by atoms with van der Waals surface area (Å²) in [6, 6.07) is 26.8. The number of nitrogens with zero attached hydrogens (tertiary/aromatic N) is 4. The molecule has 2 aliphatic carbocycles. The number of hydrogen-bond acceptors (Lipinski definition) is 12. The predicted molar refractivity (Wildman–Crippen MR) is 245 cm³/mol. The van der Waals surface area contributed by atoms with E-state index in [2.05, 4.69) is 53.0 Å². The van der Waals surface area contributed by atoms with Crippen LogP contribution < -0.4 is 9.47 Å². The zero-order chi connectivity index (χ0) is 43.6. The number of hydrogen-bond donors (Lipinski definition) is 2. The number of oxime groups is 1. The van der Waals surface area contributed by atoms with E-state index in [4.69, 9.17) is 24.2 Å². The van der Waals surface area contributed by atoms with E-state index in [0.717, 1.165) is 76.1 Å². The molecule has 1 fully saturated rings. The number of benzene rings is 4. The van der Waals surface area contributed by atoms with Crippen LogP contribution in [0.15, 0.2) is 133 Å². The van der Waals surface area contributed by atoms with Crippen molar-refractivity contribution in [2.45, 2.75) is 74.9 Å². The minimum Gasteiger partial charge on any atom is -0.460 e. The molecule has 3 aliphatic rings. The molecule has 8 rings (SSSR count). The fourth-order valence-electron chi connectivity index (χ4n) is 9.57. The van der Waals surface area contributed by atoms with Crippen LogP contribution in [-0.4, -0.2) is 67.4 Å². The maximum atomic E-state index is 11.3. The smallest absolute Gasteiger partial charge is 0.269 e. The average molecular weight is 871 g/mol. The molecule has 13 heteroatoms. The Bertz CT molecular complexity index is 2410. The van der Waals surface area contributed by atoms with Gasteiger partial charge >= 0.3 is 0 Å². The largest absolute Gasteiger partial charge is 0.460 e. The minimum atomic E-state index is -1.13. The second-order valence-corrected chi connectivity index (χ2v) is 17.7. The first-order valence-corrected chi connectivity index (χ1v) is 22.9. The number of thioether (sulfide) groups is 1. The van der Waals surface area contributed by atoms with Gasteiger partial charge in [0.1, 0.15) is 23.9 Å². The normalized spacial score (nSPS) is 23.0. The SMILES string of the molecule is C=CCOC12Oc3ccc(Oc4ccc5ccccc5c4)cc3C3C(CCCCO)C(CCCCO)C=C(C(=NOCc4ccc([N+](=O)[O-])cc4)CC1SCCc1cnccn1)C32. The van der Waals surface area contributed by atoms with Gasteiger partial charge in [-0.05, 0) is 108 Å². The maximum Gasteiger partial charge on any atom is 0.269 e. The van der Waals surface area contributed by atoms with Crippen molar-refractivity contribution in [3.63, 3.8) is 0 Å². The molecule has 12 nitrogen and oxygen atoms in total. The lowest BCUT2D eigenvalue weighted by Gasteiger charge is -2.58. The van der Waals surface area contributed by atoms with Crippen molar-refractivity contribution in [3.05, 3.63) is 155 Å². The third-order valence-corrected chi connectivity index (χ3v) is 13.8. The third kappa shape index (κ3) is 9.97. The predicted octanol–water partition coefficient (Wildman–Crippen LogP) is 10.1. The van der Waals surface area contributed by atoms with Gasteiger partial charge in [0.05, 0.1) is 34.1 Å². The highest BCUT2D eigenvalue weighted by atomic mass is 32.2. The third-order valence-electron chi connectivity index (χ3n) is 12.4. The first kappa shape index (κ1) is 44.0. The molecule has 1 aromatic heterocycles. The van der Waals surface area contributed by atoms with Crippen LogP contribution in [0, 0.1) is 27.9 Å². The fourth-order valence-corrected chi connectivity index (χ4v) is 11.0. The highest BCUT2D eigenvalue weighted by Crippen LogP contribution is 2.62. The molecule has 0 radical (unpaired) electrons. The molecular formula is C50H54N4O8S. The Kier molecular flexibility index (Phi) is 14.5. The van der Waals surface area contributed by atoms with E-state index in [1.807, 2.05) is 30.3 Å². The Hall–Kier alpha value is -5.60. The number of fused-ring (bicyclic) bond motifs is 3. The van der Waals surface area contributed by atoms with Gasteiger partial charge in [-0.15, -0.1) is 6.58 Å². The highest BCUT2D eigenvalue weighted by Gasteiger charge is 2.64. The molecule has 0 bridgehead atoms. The summed E-state index contributed by atoms with van der Waals surface area (Å²) in [5.41, 5.74) is 4.50. The van der Waals surface area contributed by atoms with Gasteiger partial charge in [-0.2, -0.15) is 11.8 Å². The first-order chi connectivity index (χ1) is 30.9. The summed E-state index contributed by atoms with van der Waals surface area (Å²) in [5.74, 6) is 1.56. The molecule has 6 unspecified atom stereocenters. The Morgan fingerprint density at radius 2 is 1.73 bits per heavy atom. The molecular weight excluding hydrogens is 817 g/mol. The van der Waals surface area contributed by atoms with Crippen LogP contribution in [0.25, 0.3) is 10.8 Å². The van der Waals surface area contributed by atoms with Crippen molar-refractivity contribution in [3.8, 4) is 17.2 Å². The maximum absolute atomic E-state index is 11.3. The first-order valence-electron chi connectivity index (χ1n) is 21.9. The number of non-ortho nitro benzene ring substituents is 1. The van der Waals surface area contributed by atoms with Crippen molar-refractivity contribution in [1.82, 2.24) is 9.97 Å². The van der Waals surface area contributed by atoms with E-state index in [1.54, 1.807) is 48.6 Å². The van der Waals surface area contributed by atoms with Crippen molar-refractivity contribution in [2.75, 3.05) is 25.6 Å². The van der Waals surface area contributed by atoms with Gasteiger partial charge in [0, 0.05) is 68.3 Å². The second-order valence-electron chi connectivity index (χ2n) is 16.4. The van der Waals surface area contributed by atoms with Crippen molar-refractivity contribution < 1.29 is 34.2 Å². The number of rotatable bonds is 21. The molecule has 63 heavy (non-hydrogen) atoms. The zero-order valence-electron chi connectivity index (χ0n) is 35.3. The van der Waals surface area contributed by atoms with E-state index in [-0.39, 0.29) is 61.0 Å². The Morgan fingerprint density at radius 1 is 0.952 bits per heavy atom. The van der Waals surface area contributed by atoms with E-state index >= 15 is 0 Å². The molecule has 4 aromatic carbocycles. The van der Waals surface area contributed by atoms with Crippen LogP contribution in [-0.2, 0) is 22.6 Å². The number of aromatic nitrogens is 2. The molecule has 1 saturated carbocycles. The lowest BCUT2D eigenvalue weighted by molar-refractivity contribution is -0.384. The summed E-state index contributed by atoms with van der Waals surface area (Å²) in [4.78, 5) is 25.9. The van der Waals surface area contributed by atoms with Gasteiger partial charge in [-0.3, -0.25) is 20.1 Å². The molecule has 328 valence electrons. The van der Waals surface area contributed by atoms with Crippen LogP contribution in [0.4, 0.5) is 5.69 Å². The van der Waals surface area contributed by atoms with Gasteiger partial charge < -0.3 is 29.3 Å². The molecule has 1 aliphatic heterocycles. The zero-order valence-corrected chi connectivity index (χ0v) is 36.1. The standard InChI is InChI=1S/C50H54N4O8S/c1-2-26-59-50-47(63-27-21-38-32-51-22-23-52-38)31-45(53-60-33-34-13-16-39(17-14-34)54(57)58)43-29-37(11-5-7-24-55)42(12-6-8-25-56)48(49(43)50)44-30-41(19-20-46(44)62-50)61-40-18-15-35-9-3-4-10-36(35)28-40/h2-4,9-10,13-20,22-23,28-30,32,37,42,47-49,55-56H,1,5-8,11-12,21,24-27,31,33H2. The van der Waals surface area contributed by atoms with Crippen LogP contribution >= 0.6 is 11.8 Å². The number of allylic oxidation sites excluding steroid dienone is 1. The summed E-state index contributed by atoms with van der Waals surface area (Å²) in [5, 5.41) is 38.1. The summed E-state index contributed by atoms with van der Waals surface area (Å²) < 4.78 is 21.1. The lowest BCUT2D eigenvalue weighted by atomic mass is 9.56. The van der Waals surface area contributed by atoms with Crippen LogP contribution in [0.5, 0.6) is 17.2 Å². The quantitative estimate of drug-likeness (QED) is 0.0313. The van der Waals surface area contributed by atoms with Crippen molar-refractivity contribution in [2.24, 2.45) is 22.9 Å². The lowest BCUT2D eigenvalue weighted by Crippen LogP contribution is -2.64. The number of aliphatic hydroxyl groups is 2. The van der Waals surface area contributed by atoms with E-state index in [0.29, 0.717) is 37.2 Å². The van der Waals surface area contributed by atoms with Crippen molar-refractivity contribution >= 4 is 33.9 Å². The van der Waals surface area contributed by atoms with Gasteiger partial charge in [-0.1, -0.05) is 60.5 Å². The molecule has 6 atom stereocenters. The number of nitro benzene ring substituents is 1. The number of unbranched alkanes of at least 4 members (excludes halogenated alkanes) is 2. The van der Waals surface area contributed by atoms with E-state index in [9.17, 15) is 20.3 Å². The van der Waals surface area contributed by atoms with E-state index < -0.39 is 10.7 Å². The van der Waals surface area contributed by atoms with Gasteiger partial charge in [0.15, 0.2) is 0 Å². The number of ether oxygens (including phenoxy) is 3. The monoisotopic (exact) mass is 870 g/mol. The van der Waals surface area contributed by atoms with Gasteiger partial charge in [0.2, 0.25) is 5.79 Å². The Labute approximate surface area is 372 Å².